The van der Waals surface area contributed by atoms with Crippen LogP contribution in [-0.2, 0) is 6.54 Å². The molecule has 0 unspecified atom stereocenters. The van der Waals surface area contributed by atoms with Crippen molar-refractivity contribution < 1.29 is 9.52 Å². The summed E-state index contributed by atoms with van der Waals surface area (Å²) in [6, 6.07) is 20.5. The topological polar surface area (TPSA) is 61.5 Å². The molecule has 1 saturated heterocycles. The van der Waals surface area contributed by atoms with E-state index in [2.05, 4.69) is 34.5 Å². The maximum Gasteiger partial charge on any atom is 0.209 e. The second kappa shape index (κ2) is 11.6. The van der Waals surface area contributed by atoms with Gasteiger partial charge in [-0.05, 0) is 6.92 Å². The summed E-state index contributed by atoms with van der Waals surface area (Å²) in [5.41, 5.74) is 3.08. The second-order valence-electron chi connectivity index (χ2n) is 6.36. The van der Waals surface area contributed by atoms with E-state index in [9.17, 15) is 0 Å². The molecular weight excluding hydrogens is 374 g/mol. The molecule has 1 aliphatic heterocycles. The van der Waals surface area contributed by atoms with E-state index in [0.717, 1.165) is 61.2 Å². The smallest absolute Gasteiger partial charge is 0.209 e. The summed E-state index contributed by atoms with van der Waals surface area (Å²) < 4.78 is 6.18. The highest BCUT2D eigenvalue weighted by molar-refractivity contribution is 5.85. The highest BCUT2D eigenvalue weighted by Gasteiger charge is 2.19. The number of hydrogen-bond acceptors (Lipinski definition) is 5. The number of nitrogens with zero attached hydrogens (tertiary/aromatic N) is 2. The minimum Gasteiger partial charge on any atom is -0.439 e. The molecule has 2 heterocycles. The molecule has 3 aromatic rings. The van der Waals surface area contributed by atoms with Gasteiger partial charge in [-0.25, -0.2) is 4.98 Å². The molecule has 28 heavy (non-hydrogen) atoms. The Morgan fingerprint density at radius 3 is 2.07 bits per heavy atom. The first-order valence-corrected chi connectivity index (χ1v) is 9.46. The van der Waals surface area contributed by atoms with Crippen molar-refractivity contribution in [3.05, 3.63) is 66.6 Å². The lowest BCUT2D eigenvalue weighted by molar-refractivity contribution is 0.213. The Labute approximate surface area is 172 Å². The summed E-state index contributed by atoms with van der Waals surface area (Å²) >= 11 is 0. The predicted molar refractivity (Wildman–Crippen MR) is 116 cm³/mol. The first kappa shape index (κ1) is 22.1. The van der Waals surface area contributed by atoms with Crippen molar-refractivity contribution in [2.24, 2.45) is 0 Å². The van der Waals surface area contributed by atoms with E-state index >= 15 is 0 Å². The molecule has 1 fully saturated rings. The van der Waals surface area contributed by atoms with Gasteiger partial charge in [-0.15, -0.1) is 12.4 Å². The average Bonchev–Trinajstić information content (AvgIpc) is 3.14. The van der Waals surface area contributed by atoms with Gasteiger partial charge in [0, 0.05) is 43.9 Å². The lowest BCUT2D eigenvalue weighted by Crippen LogP contribution is -2.42. The average molecular weight is 402 g/mol. The third kappa shape index (κ3) is 5.91. The van der Waals surface area contributed by atoms with Crippen molar-refractivity contribution >= 4 is 12.4 Å². The fourth-order valence-corrected chi connectivity index (χ4v) is 3.07. The van der Waals surface area contributed by atoms with E-state index in [-0.39, 0.29) is 19.0 Å². The van der Waals surface area contributed by atoms with Crippen molar-refractivity contribution in [2.75, 3.05) is 32.8 Å². The summed E-state index contributed by atoms with van der Waals surface area (Å²) in [6.45, 7) is 6.80. The molecule has 5 nitrogen and oxygen atoms in total. The summed E-state index contributed by atoms with van der Waals surface area (Å²) in [5, 5.41) is 10.9. The van der Waals surface area contributed by atoms with Crippen LogP contribution >= 0.6 is 12.4 Å². The van der Waals surface area contributed by atoms with Crippen LogP contribution in [0.2, 0.25) is 0 Å². The number of rotatable bonds is 4. The SMILES string of the molecule is CCO.Cl.c1ccc(-c2nc(CN3CCNCC3)oc2-c2ccccc2)cc1. The van der Waals surface area contributed by atoms with Crippen molar-refractivity contribution in [3.8, 4) is 22.6 Å². The van der Waals surface area contributed by atoms with Crippen LogP contribution in [0.5, 0.6) is 0 Å². The maximum atomic E-state index is 7.57. The zero-order valence-electron chi connectivity index (χ0n) is 16.2. The standard InChI is InChI=1S/C20H21N3O.C2H6O.ClH/c1-3-7-16(8-4-1)19-20(17-9-5-2-6-10-17)24-18(22-19)15-23-13-11-21-12-14-23;1-2-3;/h1-10,21H,11-15H2;3H,2H2,1H3;1H. The summed E-state index contributed by atoms with van der Waals surface area (Å²) in [7, 11) is 0. The molecule has 2 aromatic carbocycles. The Morgan fingerprint density at radius 2 is 1.50 bits per heavy atom. The van der Waals surface area contributed by atoms with Crippen molar-refractivity contribution in [1.82, 2.24) is 15.2 Å². The number of nitrogens with one attached hydrogen (secondary N) is 1. The first-order chi connectivity index (χ1) is 13.3. The van der Waals surface area contributed by atoms with Gasteiger partial charge in [-0.2, -0.15) is 0 Å². The van der Waals surface area contributed by atoms with Crippen LogP contribution in [0.3, 0.4) is 0 Å². The summed E-state index contributed by atoms with van der Waals surface area (Å²) in [6.07, 6.45) is 0. The van der Waals surface area contributed by atoms with Crippen LogP contribution < -0.4 is 5.32 Å². The molecule has 150 valence electrons. The largest absolute Gasteiger partial charge is 0.439 e. The van der Waals surface area contributed by atoms with Gasteiger partial charge in [-0.3, -0.25) is 4.90 Å². The van der Waals surface area contributed by atoms with E-state index in [4.69, 9.17) is 14.5 Å². The number of hydrogen-bond donors (Lipinski definition) is 2. The maximum absolute atomic E-state index is 7.57. The Balaban J connectivity index is 0.000000660. The van der Waals surface area contributed by atoms with Crippen LogP contribution in [0.25, 0.3) is 22.6 Å². The lowest BCUT2D eigenvalue weighted by atomic mass is 10.1. The van der Waals surface area contributed by atoms with Crippen LogP contribution in [0.15, 0.2) is 65.1 Å². The van der Waals surface area contributed by atoms with Gasteiger partial charge in [0.15, 0.2) is 5.76 Å². The van der Waals surface area contributed by atoms with Gasteiger partial charge in [-0.1, -0.05) is 60.7 Å². The molecule has 0 amide bonds. The molecular formula is C22H28ClN3O2. The Kier molecular flexibility index (Phi) is 9.17. The number of halogens is 1. The molecule has 1 aliphatic rings. The van der Waals surface area contributed by atoms with Crippen LogP contribution in [0.4, 0.5) is 0 Å². The van der Waals surface area contributed by atoms with Crippen LogP contribution in [-0.4, -0.2) is 47.8 Å². The minimum absolute atomic E-state index is 0. The molecule has 0 saturated carbocycles. The third-order valence-corrected chi connectivity index (χ3v) is 4.32. The van der Waals surface area contributed by atoms with Gasteiger partial charge in [0.1, 0.15) is 5.69 Å². The van der Waals surface area contributed by atoms with E-state index in [1.807, 2.05) is 36.4 Å². The van der Waals surface area contributed by atoms with Gasteiger partial charge in [0.2, 0.25) is 5.89 Å². The molecule has 0 spiro atoms. The molecule has 4 rings (SSSR count). The lowest BCUT2D eigenvalue weighted by Gasteiger charge is -2.25. The first-order valence-electron chi connectivity index (χ1n) is 9.46. The van der Waals surface area contributed by atoms with Gasteiger partial charge in [0.05, 0.1) is 6.54 Å². The van der Waals surface area contributed by atoms with Gasteiger partial charge < -0.3 is 14.8 Å². The van der Waals surface area contributed by atoms with Crippen molar-refractivity contribution in [1.29, 1.82) is 0 Å². The highest BCUT2D eigenvalue weighted by atomic mass is 35.5. The van der Waals surface area contributed by atoms with Crippen LogP contribution in [0, 0.1) is 0 Å². The fourth-order valence-electron chi connectivity index (χ4n) is 3.07. The normalized spacial score (nSPS) is 13.9. The Hall–Kier alpha value is -2.18. The summed E-state index contributed by atoms with van der Waals surface area (Å²) in [4.78, 5) is 7.20. The van der Waals surface area contributed by atoms with E-state index in [0.29, 0.717) is 0 Å². The zero-order chi connectivity index (χ0) is 18.9. The zero-order valence-corrected chi connectivity index (χ0v) is 17.0. The van der Waals surface area contributed by atoms with Gasteiger partial charge in [0.25, 0.3) is 0 Å². The van der Waals surface area contributed by atoms with Crippen LogP contribution in [0.1, 0.15) is 12.8 Å². The molecule has 0 atom stereocenters. The third-order valence-electron chi connectivity index (χ3n) is 4.32. The number of aliphatic hydroxyl groups excluding tert-OH is 1. The molecule has 0 aliphatic carbocycles. The summed E-state index contributed by atoms with van der Waals surface area (Å²) in [5.74, 6) is 1.64. The monoisotopic (exact) mass is 401 g/mol. The number of piperazine rings is 1. The fraction of sp³-hybridized carbons (Fsp3) is 0.318. The number of oxazole rings is 1. The minimum atomic E-state index is 0. The van der Waals surface area contributed by atoms with Crippen molar-refractivity contribution in [2.45, 2.75) is 13.5 Å². The Morgan fingerprint density at radius 1 is 0.964 bits per heavy atom. The quantitative estimate of drug-likeness (QED) is 0.695. The Bertz CT molecular complexity index is 746. The predicted octanol–water partition coefficient (Wildman–Crippen LogP) is 3.83. The molecule has 0 bridgehead atoms. The molecule has 6 heteroatoms. The van der Waals surface area contributed by atoms with E-state index in [1.54, 1.807) is 6.92 Å². The van der Waals surface area contributed by atoms with E-state index in [1.165, 1.54) is 0 Å². The number of aliphatic hydroxyl groups is 1. The highest BCUT2D eigenvalue weighted by Crippen LogP contribution is 2.32. The number of benzene rings is 2. The second-order valence-corrected chi connectivity index (χ2v) is 6.36. The molecule has 0 radical (unpaired) electrons. The number of aromatic nitrogens is 1. The van der Waals surface area contributed by atoms with E-state index < -0.39 is 0 Å². The molecule has 2 N–H and O–H groups in total. The molecule has 1 aromatic heterocycles. The van der Waals surface area contributed by atoms with Crippen molar-refractivity contribution in [3.63, 3.8) is 0 Å². The van der Waals surface area contributed by atoms with Gasteiger partial charge >= 0.3 is 0 Å².